The molecule has 0 unspecified atom stereocenters. The number of carbonyl (C=O) groups is 1. The fourth-order valence-corrected chi connectivity index (χ4v) is 12.7. The second-order valence-electron chi connectivity index (χ2n) is 20.6. The third kappa shape index (κ3) is 8.77. The van der Waals surface area contributed by atoms with Crippen LogP contribution in [0.15, 0.2) is 71.8 Å². The van der Waals surface area contributed by atoms with Crippen molar-refractivity contribution < 1.29 is 37.1 Å². The number of nitro benzene ring substituents is 1. The molecule has 4 fully saturated rings. The molecule has 5 aliphatic rings. The minimum atomic E-state index is -4.72. The summed E-state index contributed by atoms with van der Waals surface area (Å²) in [5.74, 6) is -0.278. The van der Waals surface area contributed by atoms with Gasteiger partial charge < -0.3 is 29.8 Å². The van der Waals surface area contributed by atoms with Crippen molar-refractivity contribution in [1.82, 2.24) is 19.6 Å². The molecular weight excluding hydrogens is 890 g/mol. The molecule has 1 spiro atoms. The largest absolute Gasteiger partial charge is 0.489 e. The van der Waals surface area contributed by atoms with Crippen molar-refractivity contribution in [3.05, 3.63) is 105 Å². The molecule has 1 amide bonds. The predicted octanol–water partition coefficient (Wildman–Crippen LogP) is 9.31. The number of amides is 1. The summed E-state index contributed by atoms with van der Waals surface area (Å²) >= 11 is 0. The molecule has 2 aliphatic carbocycles. The van der Waals surface area contributed by atoms with Crippen LogP contribution in [0.5, 0.6) is 17.2 Å². The van der Waals surface area contributed by atoms with E-state index in [1.54, 1.807) is 26.0 Å². The average Bonchev–Trinajstić information content (AvgIpc) is 3.93. The van der Waals surface area contributed by atoms with Crippen LogP contribution in [-0.4, -0.2) is 89.7 Å². The van der Waals surface area contributed by atoms with E-state index in [9.17, 15) is 32.8 Å². The number of anilines is 2. The molecule has 0 radical (unpaired) electrons. The number of nitrogens with zero attached hydrogens (tertiary/aromatic N) is 4. The topological polar surface area (TPSA) is 192 Å². The number of aromatic amines is 1. The molecule has 15 nitrogen and oxygen atoms in total. The first-order valence-corrected chi connectivity index (χ1v) is 25.5. The molecule has 2 saturated heterocycles. The van der Waals surface area contributed by atoms with E-state index >= 15 is 0 Å². The van der Waals surface area contributed by atoms with Crippen LogP contribution < -0.4 is 24.4 Å². The Kier molecular flexibility index (Phi) is 11.9. The number of nitrogens with one attached hydrogen (secondary N) is 3. The number of fused-ring (bicyclic) bond motifs is 2. The number of halogens is 1. The summed E-state index contributed by atoms with van der Waals surface area (Å²) < 4.78 is 57.3. The van der Waals surface area contributed by atoms with Gasteiger partial charge in [-0.1, -0.05) is 44.5 Å². The number of H-pyrrole nitrogens is 1. The van der Waals surface area contributed by atoms with Crippen LogP contribution >= 0.6 is 0 Å². The number of pyridine rings is 1. The molecule has 68 heavy (non-hydrogen) atoms. The second-order valence-corrected chi connectivity index (χ2v) is 22.3. The predicted molar refractivity (Wildman–Crippen MR) is 257 cm³/mol. The molecule has 3 aromatic carbocycles. The van der Waals surface area contributed by atoms with Gasteiger partial charge in [-0.15, -0.1) is 0 Å². The van der Waals surface area contributed by atoms with E-state index in [1.165, 1.54) is 54.8 Å². The van der Waals surface area contributed by atoms with Gasteiger partial charge in [0.1, 0.15) is 29.6 Å². The van der Waals surface area contributed by atoms with Crippen LogP contribution in [0.2, 0.25) is 0 Å². The van der Waals surface area contributed by atoms with Crippen molar-refractivity contribution in [2.45, 2.75) is 120 Å². The molecule has 360 valence electrons. The molecule has 3 atom stereocenters. The summed E-state index contributed by atoms with van der Waals surface area (Å²) in [6.07, 6.45) is 9.42. The number of carbonyl (C=O) groups excluding carboxylic acids is 1. The van der Waals surface area contributed by atoms with Crippen LogP contribution in [0.1, 0.15) is 118 Å². The Morgan fingerprint density at radius 2 is 1.78 bits per heavy atom. The Morgan fingerprint density at radius 1 is 1.03 bits per heavy atom. The highest BCUT2D eigenvalue weighted by Gasteiger charge is 2.49. The molecule has 17 heteroatoms. The first-order chi connectivity index (χ1) is 32.5. The lowest BCUT2D eigenvalue weighted by Gasteiger charge is -2.57. The van der Waals surface area contributed by atoms with Gasteiger partial charge in [-0.05, 0) is 118 Å². The minimum absolute atomic E-state index is 0.0251. The Hall–Kier alpha value is -5.78. The van der Waals surface area contributed by atoms with Crippen molar-refractivity contribution in [2.75, 3.05) is 43.0 Å². The van der Waals surface area contributed by atoms with E-state index in [4.69, 9.17) is 9.47 Å². The van der Waals surface area contributed by atoms with E-state index in [-0.39, 0.29) is 57.9 Å². The number of ether oxygens (including phenoxy) is 2. The fraction of sp³-hybridized carbons (Fsp3) is 0.490. The van der Waals surface area contributed by atoms with Crippen LogP contribution in [-0.2, 0) is 10.0 Å². The van der Waals surface area contributed by atoms with Crippen LogP contribution in [0.4, 0.5) is 21.5 Å². The molecule has 2 saturated carbocycles. The highest BCUT2D eigenvalue weighted by molar-refractivity contribution is 7.90. The monoisotopic (exact) mass is 949 g/mol. The molecule has 5 aromatic rings. The second kappa shape index (κ2) is 17.6. The maximum absolute atomic E-state index is 14.8. The zero-order valence-electron chi connectivity index (χ0n) is 39.0. The normalized spacial score (nSPS) is 24.8. The molecule has 0 bridgehead atoms. The number of hydrogen-bond donors (Lipinski definition) is 4. The van der Waals surface area contributed by atoms with Crippen molar-refractivity contribution in [3.8, 4) is 17.2 Å². The minimum Gasteiger partial charge on any atom is -0.489 e. The van der Waals surface area contributed by atoms with Crippen LogP contribution in [0.3, 0.4) is 0 Å². The highest BCUT2D eigenvalue weighted by atomic mass is 32.2. The lowest BCUT2D eigenvalue weighted by molar-refractivity contribution is -0.384. The third-order valence-electron chi connectivity index (χ3n) is 15.6. The summed E-state index contributed by atoms with van der Waals surface area (Å²) in [6.45, 7) is 11.9. The number of piperidine rings is 1. The molecule has 3 aliphatic heterocycles. The van der Waals surface area contributed by atoms with Crippen LogP contribution in [0.25, 0.3) is 11.0 Å². The molecule has 10 rings (SSSR count). The maximum atomic E-state index is 14.8. The zero-order chi connectivity index (χ0) is 47.7. The smallest absolute Gasteiger partial charge is 0.297 e. The quantitative estimate of drug-likeness (QED) is 0.0726. The van der Waals surface area contributed by atoms with Gasteiger partial charge >= 0.3 is 0 Å². The lowest BCUT2D eigenvalue weighted by atomic mass is 9.70. The maximum Gasteiger partial charge on any atom is 0.297 e. The molecule has 4 N–H and O–H groups in total. The van der Waals surface area contributed by atoms with Gasteiger partial charge in [-0.3, -0.25) is 19.8 Å². The Bertz CT molecular complexity index is 2880. The summed E-state index contributed by atoms with van der Waals surface area (Å²) in [5, 5.41) is 26.3. The Morgan fingerprint density at radius 3 is 2.51 bits per heavy atom. The summed E-state index contributed by atoms with van der Waals surface area (Å²) in [5.41, 5.74) is 3.35. The van der Waals surface area contributed by atoms with Gasteiger partial charge in [0.15, 0.2) is 11.4 Å². The number of likely N-dealkylation sites (tertiary alicyclic amines) is 1. The standard InChI is InChI=1S/C51H60FN7O8S/c1-30(2)35-8-5-6-9-36(35)37-10-7-11-42(37)58-28-51(29-58)18-20-57(21-19-51)33-12-13-38(45(22-33)67-44-25-39-40(52)26-53-48(39)54-31(44)3)49(60)56-68(64,65)34-23-43(59(62)63)47-46(24-34)66-27-41(55-47)32-14-16-50(4,61)17-15-32/h5-6,8-9,12-13,22-26,30,32,37,41-42,55,61H,7,10-11,14-21,27-29H2,1-4H3,(H,53,54)(H,56,60)/t32-,37-,41+,42-,50-/m0/s1. The number of sulfonamides is 1. The zero-order valence-corrected chi connectivity index (χ0v) is 39.8. The fourth-order valence-electron chi connectivity index (χ4n) is 11.7. The van der Waals surface area contributed by atoms with E-state index < -0.39 is 42.9 Å². The van der Waals surface area contributed by atoms with Gasteiger partial charge in [-0.25, -0.2) is 22.5 Å². The van der Waals surface area contributed by atoms with E-state index in [1.807, 2.05) is 0 Å². The third-order valence-corrected chi connectivity index (χ3v) is 16.9. The van der Waals surface area contributed by atoms with Gasteiger partial charge in [0.05, 0.1) is 38.1 Å². The highest BCUT2D eigenvalue weighted by Crippen LogP contribution is 2.49. The first-order valence-electron chi connectivity index (χ1n) is 24.0. The lowest BCUT2D eigenvalue weighted by Crippen LogP contribution is -2.63. The number of hydrogen-bond acceptors (Lipinski definition) is 12. The van der Waals surface area contributed by atoms with Crippen molar-refractivity contribution in [1.29, 1.82) is 0 Å². The van der Waals surface area contributed by atoms with E-state index in [0.717, 1.165) is 50.8 Å². The number of aromatic nitrogens is 2. The average molecular weight is 950 g/mol. The number of rotatable bonds is 11. The summed E-state index contributed by atoms with van der Waals surface area (Å²) in [4.78, 5) is 37.6. The SMILES string of the molecule is Cc1nc2[nH]cc(F)c2cc1Oc1cc(N2CCC3(CC2)CN([C@H]2CCC[C@H]2c2ccccc2C(C)C)C3)ccc1C(=O)NS(=O)(=O)c1cc2c(c([N+](=O)[O-])c1)N[C@@H]([C@H]1CC[C@](C)(O)CC1)CO2. The summed E-state index contributed by atoms with van der Waals surface area (Å²) in [7, 11) is -4.72. The first kappa shape index (κ1) is 46.0. The van der Waals surface area contributed by atoms with Gasteiger partial charge in [0.2, 0.25) is 0 Å². The summed E-state index contributed by atoms with van der Waals surface area (Å²) in [6, 6.07) is 17.8. The van der Waals surface area contributed by atoms with Gasteiger partial charge in [-0.2, -0.15) is 0 Å². The van der Waals surface area contributed by atoms with Crippen molar-refractivity contribution in [2.24, 2.45) is 11.3 Å². The number of benzene rings is 3. The van der Waals surface area contributed by atoms with E-state index in [0.29, 0.717) is 54.9 Å². The van der Waals surface area contributed by atoms with Gasteiger partial charge in [0.25, 0.3) is 21.6 Å². The van der Waals surface area contributed by atoms with Gasteiger partial charge in [0, 0.05) is 62.3 Å². The van der Waals surface area contributed by atoms with Crippen LogP contribution in [0, 0.1) is 34.2 Å². The van der Waals surface area contributed by atoms with Crippen molar-refractivity contribution in [3.63, 3.8) is 0 Å². The number of nitro groups is 1. The number of aryl methyl sites for hydroxylation is 1. The molecular formula is C51H60FN7O8S. The molecule has 5 heterocycles. The Labute approximate surface area is 396 Å². The van der Waals surface area contributed by atoms with E-state index in [2.05, 4.69) is 67.9 Å². The Balaban J connectivity index is 0.874. The number of aliphatic hydroxyl groups is 1. The molecule has 2 aromatic heterocycles. The van der Waals surface area contributed by atoms with Crippen molar-refractivity contribution >= 4 is 44.0 Å².